The average molecular weight is 543 g/mol. The van der Waals surface area contributed by atoms with Crippen molar-refractivity contribution in [1.29, 1.82) is 0 Å². The Bertz CT molecular complexity index is 1050. The van der Waals surface area contributed by atoms with Gasteiger partial charge in [-0.3, -0.25) is 14.5 Å². The van der Waals surface area contributed by atoms with Crippen molar-refractivity contribution in [3.8, 4) is 0 Å². The molecule has 182 valence electrons. The molecule has 10 nitrogen and oxygen atoms in total. The van der Waals surface area contributed by atoms with Crippen LogP contribution in [0, 0.1) is 0 Å². The van der Waals surface area contributed by atoms with Gasteiger partial charge in [0.2, 0.25) is 12.3 Å². The minimum atomic E-state index is -1.18. The Balaban J connectivity index is 1.43. The molecule has 0 spiro atoms. The highest BCUT2D eigenvalue weighted by atomic mass is 32.2. The van der Waals surface area contributed by atoms with Crippen molar-refractivity contribution in [3.63, 3.8) is 0 Å². The molecule has 2 aromatic rings. The van der Waals surface area contributed by atoms with E-state index < -0.39 is 28.5 Å². The molecule has 0 aromatic carbocycles. The fourth-order valence-corrected chi connectivity index (χ4v) is 7.56. The molecule has 2 unspecified atom stereocenters. The zero-order valence-corrected chi connectivity index (χ0v) is 21.3. The van der Waals surface area contributed by atoms with Crippen LogP contribution in [0.4, 0.5) is 0 Å². The van der Waals surface area contributed by atoms with E-state index in [4.69, 9.17) is 9.15 Å². The number of fused-ring (bicyclic) bond motifs is 1. The molecule has 34 heavy (non-hydrogen) atoms. The first kappa shape index (κ1) is 25.1. The van der Waals surface area contributed by atoms with Crippen molar-refractivity contribution in [3.05, 3.63) is 40.1 Å². The minimum absolute atomic E-state index is 0.0385. The maximum Gasteiger partial charge on any atom is 0.352 e. The first-order valence-electron chi connectivity index (χ1n) is 10.3. The van der Waals surface area contributed by atoms with E-state index in [-0.39, 0.29) is 11.6 Å². The number of β-lactam (4-membered cyclic amide) rings is 1. The lowest BCUT2D eigenvalue weighted by molar-refractivity contribution is -0.150. The summed E-state index contributed by atoms with van der Waals surface area (Å²) in [7, 11) is 0. The van der Waals surface area contributed by atoms with Gasteiger partial charge in [-0.05, 0) is 23.4 Å². The van der Waals surface area contributed by atoms with Crippen molar-refractivity contribution in [1.82, 2.24) is 20.4 Å². The number of carbonyl (C=O) groups excluding carboxylic acids is 2. The molecule has 14 heteroatoms. The van der Waals surface area contributed by atoms with Gasteiger partial charge in [0.05, 0.1) is 5.94 Å². The van der Waals surface area contributed by atoms with Gasteiger partial charge in [-0.1, -0.05) is 24.8 Å². The van der Waals surface area contributed by atoms with E-state index in [1.165, 1.54) is 57.9 Å². The molecule has 2 amide bonds. The first-order chi connectivity index (χ1) is 16.5. The number of amides is 2. The van der Waals surface area contributed by atoms with Crippen molar-refractivity contribution in [2.75, 3.05) is 24.1 Å². The summed E-state index contributed by atoms with van der Waals surface area (Å²) < 4.78 is 10.6. The van der Waals surface area contributed by atoms with Crippen molar-refractivity contribution in [2.45, 2.75) is 35.2 Å². The molecule has 0 saturated carbocycles. The lowest BCUT2D eigenvalue weighted by Gasteiger charge is -2.49. The van der Waals surface area contributed by atoms with Gasteiger partial charge in [0.15, 0.2) is 0 Å². The van der Waals surface area contributed by atoms with Crippen LogP contribution >= 0.6 is 46.6 Å². The third-order valence-electron chi connectivity index (χ3n) is 4.96. The number of thiophene rings is 1. The van der Waals surface area contributed by atoms with Crippen molar-refractivity contribution >= 4 is 64.4 Å². The van der Waals surface area contributed by atoms with Gasteiger partial charge < -0.3 is 19.6 Å². The molecule has 4 heterocycles. The Morgan fingerprint density at radius 2 is 2.32 bits per heavy atom. The maximum absolute atomic E-state index is 13.1. The number of carboxylic acids is 1. The number of rotatable bonds is 12. The summed E-state index contributed by atoms with van der Waals surface area (Å²) in [5, 5.41) is 21.3. The molecular weight excluding hydrogens is 521 g/mol. The van der Waals surface area contributed by atoms with E-state index in [9.17, 15) is 19.5 Å². The number of aromatic nitrogens is 2. The molecule has 1 saturated heterocycles. The molecule has 0 aliphatic carbocycles. The van der Waals surface area contributed by atoms with Crippen LogP contribution in [-0.2, 0) is 19.1 Å². The molecule has 2 aliphatic heterocycles. The van der Waals surface area contributed by atoms with Gasteiger partial charge in [0, 0.05) is 23.0 Å². The number of hydrogen-bond acceptors (Lipinski definition) is 11. The lowest BCUT2D eigenvalue weighted by Crippen LogP contribution is -2.70. The van der Waals surface area contributed by atoms with Crippen molar-refractivity contribution in [2.24, 2.45) is 0 Å². The van der Waals surface area contributed by atoms with Crippen molar-refractivity contribution < 1.29 is 28.6 Å². The standard InChI is InChI=1S/C20H22N4O6S4/c1-2-5-29-10-34-15(12-4-3-6-31-12)16(25)22-13-17(26)24-14(19(27)28)11(7-32-18(13)24)8-33-20-23-21-9-30-20/h3-4,6,9,13,15,18H,2,5,7-8,10H2,1H3,(H,22,25)(H,27,28)/t13-,15?,18?/m0/s1. The SMILES string of the molecule is CCCOCSC(C(=O)N[C@H]1C(=O)N2C(C(=O)O)=C(CSc3nnco3)CSC12)c1cccs1. The molecule has 2 aliphatic rings. The third-order valence-corrected chi connectivity index (χ3v) is 9.41. The Labute approximate surface area is 212 Å². The number of nitrogens with zero attached hydrogens (tertiary/aromatic N) is 3. The summed E-state index contributed by atoms with van der Waals surface area (Å²) in [5.41, 5.74) is 0.554. The quantitative estimate of drug-likeness (QED) is 0.177. The van der Waals surface area contributed by atoms with Crippen LogP contribution in [0.2, 0.25) is 0 Å². The number of thioether (sulfide) groups is 3. The number of carbonyl (C=O) groups is 3. The summed E-state index contributed by atoms with van der Waals surface area (Å²) in [6.07, 6.45) is 2.08. The Hall–Kier alpha value is -2.00. The summed E-state index contributed by atoms with van der Waals surface area (Å²) in [4.78, 5) is 40.2. The number of nitrogens with one attached hydrogen (secondary N) is 1. The number of carboxylic acid groups (broad SMARTS) is 1. The second-order valence-electron chi connectivity index (χ2n) is 7.23. The van der Waals surface area contributed by atoms with Gasteiger partial charge in [-0.2, -0.15) is 0 Å². The predicted octanol–water partition coefficient (Wildman–Crippen LogP) is 2.82. The van der Waals surface area contributed by atoms with Gasteiger partial charge >= 0.3 is 5.97 Å². The number of ether oxygens (including phenoxy) is 1. The summed E-state index contributed by atoms with van der Waals surface area (Å²) in [6, 6.07) is 2.97. The van der Waals surface area contributed by atoms with Crippen LogP contribution < -0.4 is 5.32 Å². The highest BCUT2D eigenvalue weighted by molar-refractivity contribution is 8.01. The van der Waals surface area contributed by atoms with Gasteiger partial charge in [-0.25, -0.2) is 4.79 Å². The van der Waals surface area contributed by atoms with Crippen LogP contribution in [0.1, 0.15) is 23.5 Å². The molecule has 0 radical (unpaired) electrons. The summed E-state index contributed by atoms with van der Waals surface area (Å²) in [5.74, 6) is -0.814. The second kappa shape index (κ2) is 11.6. The summed E-state index contributed by atoms with van der Waals surface area (Å²) >= 11 is 5.47. The van der Waals surface area contributed by atoms with Crippen LogP contribution in [0.15, 0.2) is 44.8 Å². The van der Waals surface area contributed by atoms with E-state index in [1.807, 2.05) is 24.4 Å². The average Bonchev–Trinajstić information content (AvgIpc) is 3.55. The van der Waals surface area contributed by atoms with Gasteiger partial charge in [0.1, 0.15) is 22.4 Å². The Kier molecular flexibility index (Phi) is 8.58. The Morgan fingerprint density at radius 3 is 3.00 bits per heavy atom. The minimum Gasteiger partial charge on any atom is -0.477 e. The smallest absolute Gasteiger partial charge is 0.352 e. The lowest BCUT2D eigenvalue weighted by atomic mass is 10.0. The van der Waals surface area contributed by atoms with Crippen LogP contribution in [0.25, 0.3) is 0 Å². The second-order valence-corrected chi connectivity index (χ2v) is 11.3. The zero-order chi connectivity index (χ0) is 24.1. The Morgan fingerprint density at radius 1 is 1.47 bits per heavy atom. The maximum atomic E-state index is 13.1. The van der Waals surface area contributed by atoms with Crippen LogP contribution in [0.3, 0.4) is 0 Å². The van der Waals surface area contributed by atoms with Crippen LogP contribution in [-0.4, -0.2) is 73.5 Å². The molecule has 2 aromatic heterocycles. The zero-order valence-electron chi connectivity index (χ0n) is 18.0. The molecule has 0 bridgehead atoms. The fraction of sp³-hybridized carbons (Fsp3) is 0.450. The predicted molar refractivity (Wildman–Crippen MR) is 130 cm³/mol. The molecule has 1 fully saturated rings. The first-order valence-corrected chi connectivity index (χ1v) is 14.3. The van der Waals surface area contributed by atoms with Crippen LogP contribution in [0.5, 0.6) is 0 Å². The van der Waals surface area contributed by atoms with E-state index in [1.54, 1.807) is 0 Å². The number of hydrogen-bond donors (Lipinski definition) is 2. The normalized spacial score (nSPS) is 20.6. The molecule has 3 atom stereocenters. The van der Waals surface area contributed by atoms with E-state index >= 15 is 0 Å². The highest BCUT2D eigenvalue weighted by Crippen LogP contribution is 2.42. The topological polar surface area (TPSA) is 135 Å². The van der Waals surface area contributed by atoms with E-state index in [2.05, 4.69) is 15.5 Å². The largest absolute Gasteiger partial charge is 0.477 e. The summed E-state index contributed by atoms with van der Waals surface area (Å²) in [6.45, 7) is 2.62. The number of aliphatic carboxylic acids is 1. The molecule has 2 N–H and O–H groups in total. The van der Waals surface area contributed by atoms with E-state index in [0.29, 0.717) is 34.8 Å². The highest BCUT2D eigenvalue weighted by Gasteiger charge is 2.54. The van der Waals surface area contributed by atoms with Gasteiger partial charge in [0.25, 0.3) is 11.1 Å². The molecular formula is C20H22N4O6S4. The monoisotopic (exact) mass is 542 g/mol. The fourth-order valence-electron chi connectivity index (χ4n) is 3.44. The third kappa shape index (κ3) is 5.46. The molecule has 4 rings (SSSR count). The van der Waals surface area contributed by atoms with Gasteiger partial charge in [-0.15, -0.1) is 45.1 Å². The van der Waals surface area contributed by atoms with E-state index in [0.717, 1.165) is 11.3 Å².